The molecule has 21 heavy (non-hydrogen) atoms. The van der Waals surface area contributed by atoms with Crippen molar-refractivity contribution in [2.75, 3.05) is 6.61 Å². The van der Waals surface area contributed by atoms with Crippen molar-refractivity contribution >= 4 is 16.0 Å². The van der Waals surface area contributed by atoms with Gasteiger partial charge in [0.2, 0.25) is 15.9 Å². The van der Waals surface area contributed by atoms with Crippen molar-refractivity contribution in [1.82, 2.24) is 9.71 Å². The number of aliphatic carboxylic acids is 1. The highest BCUT2D eigenvalue weighted by Gasteiger charge is 2.26. The molecule has 1 aromatic heterocycles. The van der Waals surface area contributed by atoms with Gasteiger partial charge in [-0.1, -0.05) is 13.8 Å². The normalized spacial score (nSPS) is 13.1. The molecule has 1 aromatic rings. The zero-order chi connectivity index (χ0) is 16.0. The van der Waals surface area contributed by atoms with E-state index in [1.807, 2.05) is 13.8 Å². The van der Waals surface area contributed by atoms with Crippen LogP contribution in [0.15, 0.2) is 23.2 Å². The monoisotopic (exact) mass is 316 g/mol. The van der Waals surface area contributed by atoms with Crippen LogP contribution in [-0.4, -0.2) is 37.1 Å². The Balaban J connectivity index is 2.91. The second-order valence-corrected chi connectivity index (χ2v) is 6.62. The second-order valence-electron chi connectivity index (χ2n) is 4.91. The molecule has 118 valence electrons. The van der Waals surface area contributed by atoms with Gasteiger partial charge >= 0.3 is 5.97 Å². The first kappa shape index (κ1) is 17.4. The van der Waals surface area contributed by atoms with Crippen molar-refractivity contribution in [3.8, 4) is 5.88 Å². The molecular formula is C13H20N2O5S. The Morgan fingerprint density at radius 2 is 2.10 bits per heavy atom. The second kappa shape index (κ2) is 7.37. The van der Waals surface area contributed by atoms with Crippen molar-refractivity contribution in [3.05, 3.63) is 18.3 Å². The van der Waals surface area contributed by atoms with Crippen molar-refractivity contribution in [2.45, 2.75) is 38.1 Å². The topological polar surface area (TPSA) is 106 Å². The molecule has 0 saturated carbocycles. The van der Waals surface area contributed by atoms with Gasteiger partial charge in [0.25, 0.3) is 0 Å². The fourth-order valence-electron chi connectivity index (χ4n) is 1.69. The van der Waals surface area contributed by atoms with Gasteiger partial charge in [0, 0.05) is 6.07 Å². The van der Waals surface area contributed by atoms with Gasteiger partial charge in [-0.15, -0.1) is 0 Å². The number of carboxylic acid groups (broad SMARTS) is 1. The molecule has 1 rings (SSSR count). The SMILES string of the molecule is CCOc1ccc(S(=O)(=O)N[C@@H](CC(C)C)C(=O)O)cn1. The van der Waals surface area contributed by atoms with E-state index in [0.29, 0.717) is 12.5 Å². The molecule has 0 aliphatic rings. The summed E-state index contributed by atoms with van der Waals surface area (Å²) in [5.74, 6) is -0.841. The van der Waals surface area contributed by atoms with E-state index in [1.165, 1.54) is 12.1 Å². The highest BCUT2D eigenvalue weighted by Crippen LogP contribution is 2.14. The molecule has 1 atom stereocenters. The largest absolute Gasteiger partial charge is 0.480 e. The van der Waals surface area contributed by atoms with Gasteiger partial charge in [0.1, 0.15) is 10.9 Å². The van der Waals surface area contributed by atoms with E-state index in [2.05, 4.69) is 9.71 Å². The standard InChI is InChI=1S/C13H20N2O5S/c1-4-20-12-6-5-10(8-14-12)21(18,19)15-11(13(16)17)7-9(2)3/h5-6,8-9,11,15H,4,7H2,1-3H3,(H,16,17)/t11-/m0/s1. The molecule has 0 aliphatic heterocycles. The van der Waals surface area contributed by atoms with E-state index in [0.717, 1.165) is 6.20 Å². The predicted octanol–water partition coefficient (Wildman–Crippen LogP) is 1.26. The number of nitrogens with zero attached hydrogens (tertiary/aromatic N) is 1. The Morgan fingerprint density at radius 3 is 2.52 bits per heavy atom. The van der Waals surface area contributed by atoms with E-state index < -0.39 is 22.0 Å². The maximum atomic E-state index is 12.1. The Kier molecular flexibility index (Phi) is 6.10. The van der Waals surface area contributed by atoms with Gasteiger partial charge in [-0.2, -0.15) is 4.72 Å². The van der Waals surface area contributed by atoms with Crippen LogP contribution in [0.1, 0.15) is 27.2 Å². The summed E-state index contributed by atoms with van der Waals surface area (Å²) in [6.45, 7) is 5.86. The minimum Gasteiger partial charge on any atom is -0.480 e. The molecule has 0 saturated heterocycles. The van der Waals surface area contributed by atoms with Gasteiger partial charge in [0.05, 0.1) is 12.8 Å². The molecule has 8 heteroatoms. The number of aromatic nitrogens is 1. The molecule has 0 unspecified atom stereocenters. The Morgan fingerprint density at radius 1 is 1.43 bits per heavy atom. The molecule has 0 spiro atoms. The summed E-state index contributed by atoms with van der Waals surface area (Å²) < 4.78 is 31.6. The van der Waals surface area contributed by atoms with Crippen LogP contribution in [0.2, 0.25) is 0 Å². The summed E-state index contributed by atoms with van der Waals surface area (Å²) in [5, 5.41) is 9.08. The fraction of sp³-hybridized carbons (Fsp3) is 0.538. The van der Waals surface area contributed by atoms with Crippen LogP contribution in [-0.2, 0) is 14.8 Å². The van der Waals surface area contributed by atoms with Crippen LogP contribution < -0.4 is 9.46 Å². The van der Waals surface area contributed by atoms with Crippen LogP contribution in [0, 0.1) is 5.92 Å². The molecule has 7 nitrogen and oxygen atoms in total. The summed E-state index contributed by atoms with van der Waals surface area (Å²) >= 11 is 0. The average molecular weight is 316 g/mol. The number of hydrogen-bond donors (Lipinski definition) is 2. The number of nitrogens with one attached hydrogen (secondary N) is 1. The summed E-state index contributed by atoms with van der Waals surface area (Å²) in [4.78, 5) is 14.9. The zero-order valence-electron chi connectivity index (χ0n) is 12.2. The van der Waals surface area contributed by atoms with Crippen LogP contribution >= 0.6 is 0 Å². The molecule has 0 amide bonds. The van der Waals surface area contributed by atoms with E-state index >= 15 is 0 Å². The number of carbonyl (C=O) groups is 1. The van der Waals surface area contributed by atoms with Gasteiger partial charge < -0.3 is 9.84 Å². The van der Waals surface area contributed by atoms with Gasteiger partial charge in [-0.25, -0.2) is 13.4 Å². The summed E-state index contributed by atoms with van der Waals surface area (Å²) in [5.41, 5.74) is 0. The van der Waals surface area contributed by atoms with Gasteiger partial charge in [-0.05, 0) is 25.3 Å². The molecule has 2 N–H and O–H groups in total. The first-order valence-corrected chi connectivity index (χ1v) is 8.08. The minimum atomic E-state index is -3.93. The first-order valence-electron chi connectivity index (χ1n) is 6.60. The van der Waals surface area contributed by atoms with Crippen LogP contribution in [0.3, 0.4) is 0 Å². The smallest absolute Gasteiger partial charge is 0.321 e. The molecular weight excluding hydrogens is 296 g/mol. The maximum Gasteiger partial charge on any atom is 0.321 e. The highest BCUT2D eigenvalue weighted by atomic mass is 32.2. The number of sulfonamides is 1. The summed E-state index contributed by atoms with van der Waals surface area (Å²) in [7, 11) is -3.93. The molecule has 0 aliphatic carbocycles. The lowest BCUT2D eigenvalue weighted by Crippen LogP contribution is -2.41. The number of carboxylic acids is 1. The van der Waals surface area contributed by atoms with Gasteiger partial charge in [-0.3, -0.25) is 4.79 Å². The third-order valence-electron chi connectivity index (χ3n) is 2.61. The van der Waals surface area contributed by atoms with Crippen LogP contribution in [0.5, 0.6) is 5.88 Å². The lowest BCUT2D eigenvalue weighted by molar-refractivity contribution is -0.139. The van der Waals surface area contributed by atoms with Crippen molar-refractivity contribution in [3.63, 3.8) is 0 Å². The van der Waals surface area contributed by atoms with Crippen molar-refractivity contribution in [2.24, 2.45) is 5.92 Å². The Bertz CT molecular complexity index is 569. The van der Waals surface area contributed by atoms with Crippen LogP contribution in [0.25, 0.3) is 0 Å². The number of rotatable bonds is 8. The van der Waals surface area contributed by atoms with E-state index in [-0.39, 0.29) is 17.2 Å². The average Bonchev–Trinajstić information content (AvgIpc) is 2.38. The third kappa shape index (κ3) is 5.31. The number of pyridine rings is 1. The molecule has 0 fully saturated rings. The zero-order valence-corrected chi connectivity index (χ0v) is 13.1. The molecule has 0 bridgehead atoms. The summed E-state index contributed by atoms with van der Waals surface area (Å²) in [6, 6.07) is 1.59. The van der Waals surface area contributed by atoms with Gasteiger partial charge in [0.15, 0.2) is 0 Å². The van der Waals surface area contributed by atoms with Crippen molar-refractivity contribution < 1.29 is 23.1 Å². The highest BCUT2D eigenvalue weighted by molar-refractivity contribution is 7.89. The van der Waals surface area contributed by atoms with Crippen LogP contribution in [0.4, 0.5) is 0 Å². The molecule has 0 aromatic carbocycles. The first-order chi connectivity index (χ1) is 9.76. The number of hydrogen-bond acceptors (Lipinski definition) is 5. The minimum absolute atomic E-state index is 0.0484. The number of ether oxygens (including phenoxy) is 1. The molecule has 0 radical (unpaired) electrons. The third-order valence-corrected chi connectivity index (χ3v) is 4.07. The maximum absolute atomic E-state index is 12.1. The van der Waals surface area contributed by atoms with E-state index in [9.17, 15) is 13.2 Å². The Labute approximate surface area is 124 Å². The Hall–Kier alpha value is -1.67. The quantitative estimate of drug-likeness (QED) is 0.748. The predicted molar refractivity (Wildman–Crippen MR) is 76.6 cm³/mol. The summed E-state index contributed by atoms with van der Waals surface area (Å²) in [6.07, 6.45) is 1.35. The van der Waals surface area contributed by atoms with E-state index in [1.54, 1.807) is 6.92 Å². The van der Waals surface area contributed by atoms with E-state index in [4.69, 9.17) is 9.84 Å². The lowest BCUT2D eigenvalue weighted by Gasteiger charge is -2.16. The lowest BCUT2D eigenvalue weighted by atomic mass is 10.1. The van der Waals surface area contributed by atoms with Crippen molar-refractivity contribution in [1.29, 1.82) is 0 Å². The fourth-order valence-corrected chi connectivity index (χ4v) is 2.83. The molecule has 1 heterocycles.